The maximum Gasteiger partial charge on any atom is 0.332 e. The molecule has 1 aliphatic rings. The number of carbonyl (C=O) groups excluding carboxylic acids is 1. The lowest BCUT2D eigenvalue weighted by atomic mass is 10.2. The first-order valence-corrected chi connectivity index (χ1v) is 8.43. The summed E-state index contributed by atoms with van der Waals surface area (Å²) < 4.78 is 9.02. The van der Waals surface area contributed by atoms with Gasteiger partial charge in [0, 0.05) is 13.6 Å². The highest BCUT2D eigenvalue weighted by atomic mass is 16.5. The lowest BCUT2D eigenvalue weighted by molar-refractivity contribution is -0.139. The fourth-order valence-electron chi connectivity index (χ4n) is 3.10. The number of hydrogen-bond acceptors (Lipinski definition) is 7. The molecule has 2 aromatic rings. The molecule has 0 aliphatic carbocycles. The number of nitrogens with zero attached hydrogens (tertiary/aromatic N) is 6. The van der Waals surface area contributed by atoms with E-state index < -0.39 is 11.7 Å². The van der Waals surface area contributed by atoms with Crippen LogP contribution >= 0.6 is 0 Å². The highest BCUT2D eigenvalue weighted by molar-refractivity contribution is 5.92. The Morgan fingerprint density at radius 3 is 2.62 bits per heavy atom. The molecule has 26 heavy (non-hydrogen) atoms. The topological polar surface area (TPSA) is 104 Å². The number of rotatable bonds is 4. The van der Waals surface area contributed by atoms with Crippen LogP contribution in [-0.2, 0) is 23.1 Å². The van der Waals surface area contributed by atoms with Crippen LogP contribution in [0.5, 0.6) is 0 Å². The average Bonchev–Trinajstić information content (AvgIpc) is 3.02. The van der Waals surface area contributed by atoms with Gasteiger partial charge in [0.2, 0.25) is 5.95 Å². The molecule has 3 rings (SSSR count). The van der Waals surface area contributed by atoms with E-state index in [1.165, 1.54) is 21.3 Å². The van der Waals surface area contributed by atoms with Gasteiger partial charge in [-0.3, -0.25) is 23.3 Å². The maximum absolute atomic E-state index is 13.0. The second-order valence-electron chi connectivity index (χ2n) is 6.30. The van der Waals surface area contributed by atoms with Crippen molar-refractivity contribution in [2.75, 3.05) is 18.7 Å². The first-order valence-electron chi connectivity index (χ1n) is 8.43. The Kier molecular flexibility index (Phi) is 4.43. The van der Waals surface area contributed by atoms with E-state index in [0.717, 1.165) is 5.71 Å². The Hall–Kier alpha value is -2.91. The van der Waals surface area contributed by atoms with Crippen molar-refractivity contribution in [2.24, 2.45) is 12.1 Å². The van der Waals surface area contributed by atoms with Crippen molar-refractivity contribution < 1.29 is 9.53 Å². The number of carbonyl (C=O) groups is 1. The molecule has 0 saturated heterocycles. The van der Waals surface area contributed by atoms with Crippen molar-refractivity contribution in [3.63, 3.8) is 0 Å². The zero-order chi connectivity index (χ0) is 19.2. The molecule has 0 bridgehead atoms. The second kappa shape index (κ2) is 6.43. The summed E-state index contributed by atoms with van der Waals surface area (Å²) in [5.41, 5.74) is 0.519. The van der Waals surface area contributed by atoms with E-state index in [2.05, 4.69) is 10.1 Å². The quantitative estimate of drug-likeness (QED) is 0.722. The van der Waals surface area contributed by atoms with E-state index in [4.69, 9.17) is 4.74 Å². The molecule has 0 fully saturated rings. The molecule has 0 spiro atoms. The lowest BCUT2D eigenvalue weighted by Gasteiger charge is -2.28. The van der Waals surface area contributed by atoms with Crippen molar-refractivity contribution in [1.29, 1.82) is 0 Å². The van der Waals surface area contributed by atoms with Gasteiger partial charge >= 0.3 is 11.7 Å². The number of aryl methyl sites for hydroxylation is 1. The largest absolute Gasteiger partial charge is 0.468 e. The Morgan fingerprint density at radius 2 is 2.00 bits per heavy atom. The zero-order valence-electron chi connectivity index (χ0n) is 15.5. The van der Waals surface area contributed by atoms with E-state index in [0.29, 0.717) is 24.4 Å². The smallest absolute Gasteiger partial charge is 0.332 e. The monoisotopic (exact) mass is 362 g/mol. The summed E-state index contributed by atoms with van der Waals surface area (Å²) in [7, 11) is 2.87. The van der Waals surface area contributed by atoms with E-state index in [1.807, 2.05) is 20.8 Å². The third-order valence-corrected chi connectivity index (χ3v) is 4.61. The minimum atomic E-state index is -0.480. The summed E-state index contributed by atoms with van der Waals surface area (Å²) in [6.07, 6.45) is 0.659. The summed E-state index contributed by atoms with van der Waals surface area (Å²) >= 11 is 0. The molecule has 0 radical (unpaired) electrons. The van der Waals surface area contributed by atoms with E-state index >= 15 is 0 Å². The molecule has 0 N–H and O–H groups in total. The zero-order valence-corrected chi connectivity index (χ0v) is 15.5. The Labute approximate surface area is 149 Å². The number of fused-ring (bicyclic) bond motifs is 3. The van der Waals surface area contributed by atoms with Crippen LogP contribution in [0.2, 0.25) is 0 Å². The SMILES string of the molecule is CCCn1c(=O)c2c(nc3n2C(C)C(C)=NN3CC(=O)OC)n(C)c1=O. The molecule has 2 aromatic heterocycles. The van der Waals surface area contributed by atoms with Gasteiger partial charge in [0.05, 0.1) is 18.9 Å². The van der Waals surface area contributed by atoms with Crippen molar-refractivity contribution in [2.45, 2.75) is 39.8 Å². The fourth-order valence-corrected chi connectivity index (χ4v) is 3.10. The van der Waals surface area contributed by atoms with Crippen LogP contribution in [0.25, 0.3) is 11.2 Å². The van der Waals surface area contributed by atoms with Gasteiger partial charge in [0.1, 0.15) is 6.54 Å². The first kappa shape index (κ1) is 17.9. The van der Waals surface area contributed by atoms with Crippen LogP contribution in [0.4, 0.5) is 5.95 Å². The van der Waals surface area contributed by atoms with Crippen LogP contribution in [0, 0.1) is 0 Å². The van der Waals surface area contributed by atoms with Crippen molar-refractivity contribution >= 4 is 28.8 Å². The van der Waals surface area contributed by atoms with Crippen LogP contribution in [0.15, 0.2) is 14.7 Å². The normalized spacial score (nSPS) is 16.6. The predicted molar refractivity (Wildman–Crippen MR) is 96.7 cm³/mol. The third kappa shape index (κ3) is 2.52. The summed E-state index contributed by atoms with van der Waals surface area (Å²) in [5.74, 6) is -0.142. The summed E-state index contributed by atoms with van der Waals surface area (Å²) in [6.45, 7) is 5.81. The molecule has 1 aliphatic heterocycles. The molecule has 10 heteroatoms. The number of anilines is 1. The molecule has 0 amide bonds. The van der Waals surface area contributed by atoms with Crippen molar-refractivity contribution in [3.05, 3.63) is 20.8 Å². The lowest BCUT2D eigenvalue weighted by Crippen LogP contribution is -2.40. The minimum Gasteiger partial charge on any atom is -0.468 e. The van der Waals surface area contributed by atoms with Crippen LogP contribution < -0.4 is 16.3 Å². The molecule has 140 valence electrons. The van der Waals surface area contributed by atoms with E-state index in [1.54, 1.807) is 11.6 Å². The summed E-state index contributed by atoms with van der Waals surface area (Å²) in [5, 5.41) is 5.80. The summed E-state index contributed by atoms with van der Waals surface area (Å²) in [4.78, 5) is 41.7. The van der Waals surface area contributed by atoms with Gasteiger partial charge in [-0.2, -0.15) is 10.1 Å². The van der Waals surface area contributed by atoms with Gasteiger partial charge in [0.25, 0.3) is 5.56 Å². The highest BCUT2D eigenvalue weighted by Crippen LogP contribution is 2.29. The van der Waals surface area contributed by atoms with Gasteiger partial charge in [-0.15, -0.1) is 0 Å². The molecule has 10 nitrogen and oxygen atoms in total. The molecule has 0 saturated carbocycles. The van der Waals surface area contributed by atoms with Crippen molar-refractivity contribution in [3.8, 4) is 0 Å². The van der Waals surface area contributed by atoms with E-state index in [-0.39, 0.29) is 23.8 Å². The number of esters is 1. The third-order valence-electron chi connectivity index (χ3n) is 4.61. The molecule has 1 unspecified atom stereocenters. The minimum absolute atomic E-state index is 0.138. The molecule has 3 heterocycles. The molecule has 1 atom stereocenters. The molecular weight excluding hydrogens is 340 g/mol. The van der Waals surface area contributed by atoms with Gasteiger partial charge in [-0.1, -0.05) is 6.92 Å². The average molecular weight is 362 g/mol. The Bertz CT molecular complexity index is 1030. The fraction of sp³-hybridized carbons (Fsp3) is 0.562. The first-order chi connectivity index (χ1) is 12.3. The Morgan fingerprint density at radius 1 is 1.31 bits per heavy atom. The maximum atomic E-state index is 13.0. The highest BCUT2D eigenvalue weighted by Gasteiger charge is 2.31. The molecular formula is C16H22N6O4. The predicted octanol–water partition coefficient (Wildman–Crippen LogP) is 0.237. The van der Waals surface area contributed by atoms with E-state index in [9.17, 15) is 14.4 Å². The number of hydrazone groups is 1. The Balaban J connectivity index is 2.34. The van der Waals surface area contributed by atoms with Crippen molar-refractivity contribution in [1.82, 2.24) is 18.7 Å². The number of hydrogen-bond donors (Lipinski definition) is 0. The summed E-state index contributed by atoms with van der Waals surface area (Å²) in [6, 6.07) is -0.232. The molecule has 0 aromatic carbocycles. The second-order valence-corrected chi connectivity index (χ2v) is 6.30. The van der Waals surface area contributed by atoms with Gasteiger partial charge in [-0.25, -0.2) is 9.80 Å². The number of methoxy groups -OCH3 is 1. The van der Waals surface area contributed by atoms with Gasteiger partial charge in [0.15, 0.2) is 11.2 Å². The standard InChI is InChI=1S/C16H22N6O4/c1-6-7-20-14(24)12-13(19(4)16(20)25)17-15-21(8-11(23)26-5)18-9(2)10(3)22(12)15/h10H,6-8H2,1-5H3. The number of imidazole rings is 1. The van der Waals surface area contributed by atoms with Crippen LogP contribution in [0.3, 0.4) is 0 Å². The number of aromatic nitrogens is 4. The van der Waals surface area contributed by atoms with Crippen LogP contribution in [0.1, 0.15) is 33.2 Å². The number of ether oxygens (including phenoxy) is 1. The van der Waals surface area contributed by atoms with Gasteiger partial charge < -0.3 is 4.74 Å². The van der Waals surface area contributed by atoms with Crippen LogP contribution in [-0.4, -0.2) is 44.0 Å². The van der Waals surface area contributed by atoms with Gasteiger partial charge in [-0.05, 0) is 20.3 Å².